The fourth-order valence-electron chi connectivity index (χ4n) is 3.39. The molecular formula is C16H18N2O4S. The number of ketones is 1. The number of rotatable bonds is 2. The number of aromatic hydroxyl groups is 1. The quantitative estimate of drug-likeness (QED) is 0.845. The summed E-state index contributed by atoms with van der Waals surface area (Å²) in [6.07, 6.45) is 1.31. The molecule has 6 nitrogen and oxygen atoms in total. The van der Waals surface area contributed by atoms with Gasteiger partial charge in [-0.05, 0) is 30.2 Å². The van der Waals surface area contributed by atoms with Crippen molar-refractivity contribution in [3.63, 3.8) is 0 Å². The third-order valence-electron chi connectivity index (χ3n) is 4.39. The summed E-state index contributed by atoms with van der Waals surface area (Å²) in [4.78, 5) is 13.0. The molecule has 1 aliphatic heterocycles. The molecule has 122 valence electrons. The predicted octanol–water partition coefficient (Wildman–Crippen LogP) is 1.73. The van der Waals surface area contributed by atoms with Gasteiger partial charge in [-0.2, -0.15) is 5.10 Å². The average molecular weight is 334 g/mol. The van der Waals surface area contributed by atoms with Crippen LogP contribution in [-0.2, 0) is 22.3 Å². The van der Waals surface area contributed by atoms with Gasteiger partial charge < -0.3 is 5.11 Å². The SMILES string of the molecule is Cc1c(C(=O)c2cnn(C)c2O)ccc2c1C(C)(C)CS2(=O)=O. The van der Waals surface area contributed by atoms with Gasteiger partial charge in [-0.3, -0.25) is 4.79 Å². The number of carbonyl (C=O) groups is 1. The third kappa shape index (κ3) is 2.18. The summed E-state index contributed by atoms with van der Waals surface area (Å²) in [6, 6.07) is 3.01. The molecule has 1 N–H and O–H groups in total. The van der Waals surface area contributed by atoms with Gasteiger partial charge >= 0.3 is 0 Å². The number of sulfone groups is 1. The average Bonchev–Trinajstić information content (AvgIpc) is 2.85. The molecule has 0 bridgehead atoms. The van der Waals surface area contributed by atoms with E-state index in [0.717, 1.165) is 0 Å². The van der Waals surface area contributed by atoms with E-state index in [0.29, 0.717) is 21.6 Å². The minimum atomic E-state index is -3.32. The van der Waals surface area contributed by atoms with Gasteiger partial charge in [-0.1, -0.05) is 13.8 Å². The van der Waals surface area contributed by atoms with Crippen molar-refractivity contribution in [3.8, 4) is 5.88 Å². The standard InChI is InChI=1S/C16H18N2O4S/c1-9-10(14(19)11-7-17-18(4)15(11)20)5-6-12-13(9)16(2,3)8-23(12,21)22/h5-7,20H,8H2,1-4H3. The highest BCUT2D eigenvalue weighted by molar-refractivity contribution is 7.91. The maximum atomic E-state index is 12.7. The van der Waals surface area contributed by atoms with Gasteiger partial charge in [-0.15, -0.1) is 0 Å². The summed E-state index contributed by atoms with van der Waals surface area (Å²) in [5.41, 5.74) is 1.27. The summed E-state index contributed by atoms with van der Waals surface area (Å²) >= 11 is 0. The number of aromatic nitrogens is 2. The Morgan fingerprint density at radius 2 is 1.96 bits per heavy atom. The van der Waals surface area contributed by atoms with Gasteiger partial charge in [0.15, 0.2) is 15.6 Å². The second-order valence-corrected chi connectivity index (χ2v) is 8.55. The Morgan fingerprint density at radius 1 is 1.30 bits per heavy atom. The Hall–Kier alpha value is -2.15. The number of benzene rings is 1. The molecule has 2 aromatic rings. The van der Waals surface area contributed by atoms with Crippen LogP contribution in [0.2, 0.25) is 0 Å². The molecule has 0 saturated carbocycles. The van der Waals surface area contributed by atoms with Gasteiger partial charge in [0.05, 0.1) is 16.8 Å². The van der Waals surface area contributed by atoms with E-state index >= 15 is 0 Å². The Balaban J connectivity index is 2.22. The fraction of sp³-hybridized carbons (Fsp3) is 0.375. The summed E-state index contributed by atoms with van der Waals surface area (Å²) in [5.74, 6) is -0.538. The molecule has 0 aliphatic carbocycles. The van der Waals surface area contributed by atoms with E-state index in [4.69, 9.17) is 0 Å². The van der Waals surface area contributed by atoms with E-state index in [1.807, 2.05) is 13.8 Å². The van der Waals surface area contributed by atoms with E-state index in [1.54, 1.807) is 6.92 Å². The van der Waals surface area contributed by atoms with Gasteiger partial charge in [0.2, 0.25) is 5.88 Å². The van der Waals surface area contributed by atoms with Crippen LogP contribution in [0.4, 0.5) is 0 Å². The Morgan fingerprint density at radius 3 is 2.52 bits per heavy atom. The molecule has 0 saturated heterocycles. The van der Waals surface area contributed by atoms with Crippen LogP contribution < -0.4 is 0 Å². The van der Waals surface area contributed by atoms with Crippen molar-refractivity contribution in [2.75, 3.05) is 5.75 Å². The molecule has 1 aromatic carbocycles. The van der Waals surface area contributed by atoms with Crippen molar-refractivity contribution in [2.24, 2.45) is 7.05 Å². The van der Waals surface area contributed by atoms with Crippen LogP contribution in [-0.4, -0.2) is 34.8 Å². The van der Waals surface area contributed by atoms with Crippen LogP contribution in [0.25, 0.3) is 0 Å². The van der Waals surface area contributed by atoms with Gasteiger partial charge in [0.25, 0.3) is 0 Å². The number of nitrogens with zero attached hydrogens (tertiary/aromatic N) is 2. The predicted molar refractivity (Wildman–Crippen MR) is 84.6 cm³/mol. The minimum absolute atomic E-state index is 0.0337. The number of aryl methyl sites for hydroxylation is 1. The molecule has 0 fully saturated rings. The first kappa shape index (κ1) is 15.7. The minimum Gasteiger partial charge on any atom is -0.493 e. The lowest BCUT2D eigenvalue weighted by Crippen LogP contribution is -2.21. The fourth-order valence-corrected chi connectivity index (χ4v) is 5.66. The number of fused-ring (bicyclic) bond motifs is 1. The van der Waals surface area contributed by atoms with Gasteiger partial charge in [0, 0.05) is 18.0 Å². The molecule has 0 spiro atoms. The lowest BCUT2D eigenvalue weighted by molar-refractivity contribution is 0.103. The molecule has 0 unspecified atom stereocenters. The van der Waals surface area contributed by atoms with Crippen LogP contribution in [0, 0.1) is 6.92 Å². The zero-order chi connectivity index (χ0) is 17.2. The summed E-state index contributed by atoms with van der Waals surface area (Å²) < 4.78 is 25.8. The Bertz CT molecular complexity index is 939. The molecule has 23 heavy (non-hydrogen) atoms. The highest BCUT2D eigenvalue weighted by Crippen LogP contribution is 2.42. The number of hydrogen-bond acceptors (Lipinski definition) is 5. The van der Waals surface area contributed by atoms with Gasteiger partial charge in [0.1, 0.15) is 5.56 Å². The molecule has 1 aromatic heterocycles. The molecule has 3 rings (SSSR count). The van der Waals surface area contributed by atoms with E-state index in [-0.39, 0.29) is 23.0 Å². The topological polar surface area (TPSA) is 89.3 Å². The van der Waals surface area contributed by atoms with Crippen molar-refractivity contribution in [3.05, 3.63) is 40.6 Å². The molecule has 2 heterocycles. The van der Waals surface area contributed by atoms with Crippen LogP contribution in [0.3, 0.4) is 0 Å². The molecular weight excluding hydrogens is 316 g/mol. The van der Waals surface area contributed by atoms with E-state index < -0.39 is 15.3 Å². The second-order valence-electron chi connectivity index (χ2n) is 6.59. The highest BCUT2D eigenvalue weighted by atomic mass is 32.2. The molecule has 0 amide bonds. The van der Waals surface area contributed by atoms with Crippen molar-refractivity contribution >= 4 is 15.6 Å². The van der Waals surface area contributed by atoms with Crippen LogP contribution in [0.1, 0.15) is 40.9 Å². The zero-order valence-electron chi connectivity index (χ0n) is 13.4. The Labute approximate surface area is 134 Å². The molecule has 0 radical (unpaired) electrons. The molecule has 1 aliphatic rings. The number of hydrogen-bond donors (Lipinski definition) is 1. The lowest BCUT2D eigenvalue weighted by atomic mass is 9.81. The second kappa shape index (κ2) is 4.67. The lowest BCUT2D eigenvalue weighted by Gasteiger charge is -2.20. The van der Waals surface area contributed by atoms with Crippen molar-refractivity contribution in [1.29, 1.82) is 0 Å². The monoisotopic (exact) mass is 334 g/mol. The van der Waals surface area contributed by atoms with E-state index in [9.17, 15) is 18.3 Å². The molecule has 7 heteroatoms. The smallest absolute Gasteiger partial charge is 0.220 e. The normalized spacial score (nSPS) is 17.9. The summed E-state index contributed by atoms with van der Waals surface area (Å²) in [5, 5.41) is 13.8. The van der Waals surface area contributed by atoms with Crippen molar-refractivity contribution in [2.45, 2.75) is 31.1 Å². The van der Waals surface area contributed by atoms with Crippen LogP contribution >= 0.6 is 0 Å². The highest BCUT2D eigenvalue weighted by Gasteiger charge is 2.42. The maximum absolute atomic E-state index is 12.7. The first-order valence-electron chi connectivity index (χ1n) is 7.19. The van der Waals surface area contributed by atoms with Gasteiger partial charge in [-0.25, -0.2) is 13.1 Å². The molecule has 0 atom stereocenters. The summed E-state index contributed by atoms with van der Waals surface area (Å²) in [7, 11) is -1.78. The van der Waals surface area contributed by atoms with Crippen molar-refractivity contribution in [1.82, 2.24) is 9.78 Å². The third-order valence-corrected chi connectivity index (χ3v) is 6.50. The van der Waals surface area contributed by atoms with Crippen molar-refractivity contribution < 1.29 is 18.3 Å². The summed E-state index contributed by atoms with van der Waals surface area (Å²) in [6.45, 7) is 5.47. The van der Waals surface area contributed by atoms with E-state index in [2.05, 4.69) is 5.10 Å². The largest absolute Gasteiger partial charge is 0.493 e. The van der Waals surface area contributed by atoms with E-state index in [1.165, 1.54) is 30.1 Å². The maximum Gasteiger partial charge on any atom is 0.220 e. The number of carbonyl (C=O) groups excluding carboxylic acids is 1. The Kier molecular flexibility index (Phi) is 3.20. The van der Waals surface area contributed by atoms with Crippen LogP contribution in [0.15, 0.2) is 23.2 Å². The zero-order valence-corrected chi connectivity index (χ0v) is 14.2. The first-order chi connectivity index (χ1) is 10.6. The first-order valence-corrected chi connectivity index (χ1v) is 8.84. The van der Waals surface area contributed by atoms with Crippen LogP contribution in [0.5, 0.6) is 5.88 Å².